The summed E-state index contributed by atoms with van der Waals surface area (Å²) in [5, 5.41) is 13.4. The number of aromatic nitrogens is 2. The molecular weight excluding hydrogens is 364 g/mol. The van der Waals surface area contributed by atoms with Gasteiger partial charge in [-0.3, -0.25) is 19.3 Å². The molecule has 4 aromatic rings. The Balaban J connectivity index is 1.61. The number of amides is 1. The lowest BCUT2D eigenvalue weighted by atomic mass is 10.1. The molecule has 1 N–H and O–H groups in total. The Morgan fingerprint density at radius 1 is 1.25 bits per heavy atom. The monoisotopic (exact) mass is 378 g/mol. The van der Waals surface area contributed by atoms with E-state index in [1.54, 1.807) is 31.5 Å². The maximum absolute atomic E-state index is 12.3. The van der Waals surface area contributed by atoms with Crippen molar-refractivity contribution in [3.8, 4) is 17.0 Å². The first kappa shape index (κ1) is 17.3. The van der Waals surface area contributed by atoms with E-state index in [4.69, 9.17) is 9.15 Å². The number of methoxy groups -OCH3 is 1. The molecule has 3 aromatic heterocycles. The van der Waals surface area contributed by atoms with Crippen molar-refractivity contribution in [2.75, 3.05) is 12.4 Å². The van der Waals surface area contributed by atoms with Crippen LogP contribution in [0.2, 0.25) is 0 Å². The number of anilines is 1. The van der Waals surface area contributed by atoms with E-state index in [-0.39, 0.29) is 5.76 Å². The molecule has 0 saturated carbocycles. The molecule has 0 unspecified atom stereocenters. The summed E-state index contributed by atoms with van der Waals surface area (Å²) in [5.74, 6) is -0.495. The van der Waals surface area contributed by atoms with Gasteiger partial charge in [0.1, 0.15) is 16.3 Å². The highest BCUT2D eigenvalue weighted by Gasteiger charge is 2.17. The van der Waals surface area contributed by atoms with Gasteiger partial charge in [-0.15, -0.1) is 0 Å². The summed E-state index contributed by atoms with van der Waals surface area (Å²) in [6, 6.07) is 13.2. The van der Waals surface area contributed by atoms with Crippen molar-refractivity contribution in [2.24, 2.45) is 0 Å². The predicted octanol–water partition coefficient (Wildman–Crippen LogP) is 3.76. The Bertz CT molecular complexity index is 1190. The summed E-state index contributed by atoms with van der Waals surface area (Å²) < 4.78 is 12.0. The highest BCUT2D eigenvalue weighted by atomic mass is 16.6. The Kier molecular flexibility index (Phi) is 4.24. The molecule has 3 heterocycles. The predicted molar refractivity (Wildman–Crippen MR) is 100 cm³/mol. The van der Waals surface area contributed by atoms with Crippen LogP contribution in [0.4, 0.5) is 11.6 Å². The number of carbonyl (C=O) groups is 1. The number of ether oxygens (including phenoxy) is 1. The molecule has 0 bridgehead atoms. The molecule has 0 atom stereocenters. The molecular formula is C19H14N4O5. The zero-order valence-corrected chi connectivity index (χ0v) is 14.7. The van der Waals surface area contributed by atoms with Crippen LogP contribution >= 0.6 is 0 Å². The van der Waals surface area contributed by atoms with Crippen molar-refractivity contribution in [3.05, 3.63) is 76.8 Å². The Morgan fingerprint density at radius 2 is 2.11 bits per heavy atom. The minimum atomic E-state index is -0.697. The van der Waals surface area contributed by atoms with Crippen LogP contribution in [0.5, 0.6) is 5.75 Å². The minimum Gasteiger partial charge on any atom is -0.497 e. The Labute approximate surface area is 158 Å². The lowest BCUT2D eigenvalue weighted by Gasteiger charge is -2.07. The summed E-state index contributed by atoms with van der Waals surface area (Å²) in [6.07, 6.45) is 3.58. The maximum Gasteiger partial charge on any atom is 0.433 e. The van der Waals surface area contributed by atoms with Crippen molar-refractivity contribution in [2.45, 2.75) is 0 Å². The molecule has 0 spiro atoms. The van der Waals surface area contributed by atoms with Crippen LogP contribution in [0, 0.1) is 10.1 Å². The summed E-state index contributed by atoms with van der Waals surface area (Å²) in [5.41, 5.74) is 2.92. The number of nitrogens with one attached hydrogen (secondary N) is 1. The second-order valence-electron chi connectivity index (χ2n) is 5.87. The molecule has 140 valence electrons. The van der Waals surface area contributed by atoms with Gasteiger partial charge >= 0.3 is 5.88 Å². The molecule has 0 aliphatic heterocycles. The van der Waals surface area contributed by atoms with E-state index in [0.717, 1.165) is 23.0 Å². The second kappa shape index (κ2) is 6.88. The number of carbonyl (C=O) groups excluding carboxylic acids is 1. The average molecular weight is 378 g/mol. The van der Waals surface area contributed by atoms with Gasteiger partial charge in [-0.1, -0.05) is 12.1 Å². The van der Waals surface area contributed by atoms with Crippen LogP contribution in [0.15, 0.2) is 65.3 Å². The van der Waals surface area contributed by atoms with Crippen LogP contribution in [-0.4, -0.2) is 27.3 Å². The molecule has 0 aliphatic carbocycles. The van der Waals surface area contributed by atoms with Crippen LogP contribution in [0.3, 0.4) is 0 Å². The minimum absolute atomic E-state index is 0.140. The average Bonchev–Trinajstić information content (AvgIpc) is 3.35. The zero-order valence-electron chi connectivity index (χ0n) is 14.7. The van der Waals surface area contributed by atoms with E-state index in [2.05, 4.69) is 10.3 Å². The lowest BCUT2D eigenvalue weighted by Crippen LogP contribution is -2.10. The van der Waals surface area contributed by atoms with Gasteiger partial charge in [0.15, 0.2) is 5.76 Å². The fraction of sp³-hybridized carbons (Fsp3) is 0.0526. The molecule has 9 heteroatoms. The van der Waals surface area contributed by atoms with Crippen LogP contribution in [0.25, 0.3) is 16.9 Å². The van der Waals surface area contributed by atoms with Crippen molar-refractivity contribution in [1.82, 2.24) is 9.38 Å². The molecule has 0 fully saturated rings. The third-order valence-electron chi connectivity index (χ3n) is 4.13. The molecule has 28 heavy (non-hydrogen) atoms. The Morgan fingerprint density at radius 3 is 2.86 bits per heavy atom. The quantitative estimate of drug-likeness (QED) is 0.418. The topological polar surface area (TPSA) is 112 Å². The lowest BCUT2D eigenvalue weighted by molar-refractivity contribution is -0.402. The van der Waals surface area contributed by atoms with E-state index >= 15 is 0 Å². The summed E-state index contributed by atoms with van der Waals surface area (Å²) in [4.78, 5) is 26.6. The molecule has 1 amide bonds. The molecule has 1 aromatic carbocycles. The summed E-state index contributed by atoms with van der Waals surface area (Å²) >= 11 is 0. The van der Waals surface area contributed by atoms with Gasteiger partial charge < -0.3 is 14.5 Å². The number of furan rings is 1. The smallest absolute Gasteiger partial charge is 0.433 e. The van der Waals surface area contributed by atoms with E-state index in [1.807, 2.05) is 28.8 Å². The number of imidazole rings is 1. The van der Waals surface area contributed by atoms with Crippen molar-refractivity contribution < 1.29 is 18.9 Å². The third kappa shape index (κ3) is 3.16. The van der Waals surface area contributed by atoms with Gasteiger partial charge in [0, 0.05) is 23.5 Å². The van der Waals surface area contributed by atoms with Gasteiger partial charge in [0.2, 0.25) is 0 Å². The number of pyridine rings is 1. The van der Waals surface area contributed by atoms with Crippen molar-refractivity contribution in [3.63, 3.8) is 0 Å². The molecule has 4 rings (SSSR count). The number of benzene rings is 1. The SMILES string of the molecule is COc1ccn2c(-c3cccc(NC(=O)c4ccc([N+](=O)[O-])o4)c3)cnc2c1. The number of nitrogens with zero attached hydrogens (tertiary/aromatic N) is 3. The molecule has 0 radical (unpaired) electrons. The van der Waals surface area contributed by atoms with Crippen molar-refractivity contribution in [1.29, 1.82) is 0 Å². The highest BCUT2D eigenvalue weighted by Crippen LogP contribution is 2.26. The summed E-state index contributed by atoms with van der Waals surface area (Å²) in [7, 11) is 1.59. The van der Waals surface area contributed by atoms with Gasteiger partial charge in [-0.25, -0.2) is 4.98 Å². The van der Waals surface area contributed by atoms with Gasteiger partial charge in [0.05, 0.1) is 25.1 Å². The van der Waals surface area contributed by atoms with Crippen LogP contribution < -0.4 is 10.1 Å². The molecule has 9 nitrogen and oxygen atoms in total. The van der Waals surface area contributed by atoms with Gasteiger partial charge in [-0.05, 0) is 24.3 Å². The second-order valence-corrected chi connectivity index (χ2v) is 5.87. The number of fused-ring (bicyclic) bond motifs is 1. The van der Waals surface area contributed by atoms with Crippen LogP contribution in [0.1, 0.15) is 10.6 Å². The first-order chi connectivity index (χ1) is 13.5. The van der Waals surface area contributed by atoms with Gasteiger partial charge in [-0.2, -0.15) is 0 Å². The van der Waals surface area contributed by atoms with E-state index < -0.39 is 16.7 Å². The highest BCUT2D eigenvalue weighted by molar-refractivity contribution is 6.02. The maximum atomic E-state index is 12.3. The Hall–Kier alpha value is -4.14. The standard InChI is InChI=1S/C19H14N4O5/c1-27-14-7-8-22-15(11-20-17(22)10-14)12-3-2-4-13(9-12)21-19(24)16-5-6-18(28-16)23(25)26/h2-11H,1H3,(H,21,24). The summed E-state index contributed by atoms with van der Waals surface area (Å²) in [6.45, 7) is 0. The largest absolute Gasteiger partial charge is 0.497 e. The first-order valence-electron chi connectivity index (χ1n) is 8.22. The molecule has 0 aliphatic rings. The number of hydrogen-bond donors (Lipinski definition) is 1. The fourth-order valence-corrected chi connectivity index (χ4v) is 2.80. The fourth-order valence-electron chi connectivity index (χ4n) is 2.80. The van der Waals surface area contributed by atoms with E-state index in [9.17, 15) is 14.9 Å². The first-order valence-corrected chi connectivity index (χ1v) is 8.22. The van der Waals surface area contributed by atoms with Crippen LogP contribution in [-0.2, 0) is 0 Å². The number of hydrogen-bond acceptors (Lipinski definition) is 6. The van der Waals surface area contributed by atoms with E-state index in [0.29, 0.717) is 11.4 Å². The van der Waals surface area contributed by atoms with Gasteiger partial charge in [0.25, 0.3) is 5.91 Å². The number of nitro groups is 1. The van der Waals surface area contributed by atoms with Crippen molar-refractivity contribution >= 4 is 23.1 Å². The third-order valence-corrected chi connectivity index (χ3v) is 4.13. The zero-order chi connectivity index (χ0) is 19.7. The number of rotatable bonds is 5. The normalized spacial score (nSPS) is 10.8. The molecule has 0 saturated heterocycles. The van der Waals surface area contributed by atoms with E-state index in [1.165, 1.54) is 6.07 Å².